The van der Waals surface area contributed by atoms with Crippen LogP contribution in [-0.2, 0) is 0 Å². The van der Waals surface area contributed by atoms with Crippen LogP contribution < -0.4 is 56.5 Å². The minimum atomic E-state index is -2.31. The predicted octanol–water partition coefficient (Wildman–Crippen LogP) is -2.08. The van der Waals surface area contributed by atoms with Crippen molar-refractivity contribution in [1.29, 1.82) is 0 Å². The number of aromatic carboxylic acids is 1. The topological polar surface area (TPSA) is 40.1 Å². The molecule has 0 atom stereocenters. The third-order valence-electron chi connectivity index (χ3n) is 1.69. The van der Waals surface area contributed by atoms with Crippen molar-refractivity contribution in [2.45, 2.75) is 6.92 Å². The Balaban J connectivity index is 0.00000196. The molecule has 0 aromatic heterocycles. The molecule has 0 bridgehead atoms. The summed E-state index contributed by atoms with van der Waals surface area (Å²) in [5, 5.41) is 10.1. The number of carboxylic acid groups (broad SMARTS) is 1. The zero-order valence-electron chi connectivity index (χ0n) is 7.83. The number of hydrogen-bond acceptors (Lipinski definition) is 2. The Morgan fingerprint density at radius 3 is 1.60 bits per heavy atom. The molecule has 76 valence electrons. The molecule has 7 heteroatoms. The Morgan fingerprint density at radius 2 is 1.33 bits per heavy atom. The van der Waals surface area contributed by atoms with Gasteiger partial charge in [0.2, 0.25) is 0 Å². The van der Waals surface area contributed by atoms with Crippen LogP contribution in [0.15, 0.2) is 0 Å². The van der Waals surface area contributed by atoms with Gasteiger partial charge in [0.25, 0.3) is 0 Å². The minimum absolute atomic E-state index is 0. The largest absolute Gasteiger partial charge is 1.00 e. The zero-order valence-corrected chi connectivity index (χ0v) is 11.0. The van der Waals surface area contributed by atoms with Gasteiger partial charge < -0.3 is 9.90 Å². The molecule has 0 amide bonds. The van der Waals surface area contributed by atoms with Crippen molar-refractivity contribution in [3.63, 3.8) is 0 Å². The maximum absolute atomic E-state index is 12.8. The van der Waals surface area contributed by atoms with E-state index in [4.69, 9.17) is 0 Å². The van der Waals surface area contributed by atoms with Crippen molar-refractivity contribution in [3.05, 3.63) is 34.4 Å². The number of halogens is 4. The quantitative estimate of drug-likeness (QED) is 0.324. The molecule has 0 heterocycles. The first kappa shape index (κ1) is 15.0. The third-order valence-corrected chi connectivity index (χ3v) is 1.69. The van der Waals surface area contributed by atoms with Crippen LogP contribution in [-0.4, -0.2) is 5.97 Å². The van der Waals surface area contributed by atoms with Crippen molar-refractivity contribution in [2.24, 2.45) is 0 Å². The molecule has 0 aliphatic rings. The fourth-order valence-electron chi connectivity index (χ4n) is 0.921. The van der Waals surface area contributed by atoms with Gasteiger partial charge in [-0.2, -0.15) is 0 Å². The molecular weight excluding hydrogens is 243 g/mol. The Labute approximate surface area is 125 Å². The molecule has 0 N–H and O–H groups in total. The number of carbonyl (C=O) groups excluding carboxylic acids is 1. The van der Waals surface area contributed by atoms with E-state index in [-0.39, 0.29) is 51.4 Å². The van der Waals surface area contributed by atoms with Gasteiger partial charge in [-0.1, -0.05) is 0 Å². The van der Waals surface area contributed by atoms with E-state index < -0.39 is 40.4 Å². The van der Waals surface area contributed by atoms with Gasteiger partial charge in [-0.25, -0.2) is 17.6 Å². The van der Waals surface area contributed by atoms with Crippen LogP contribution in [0, 0.1) is 30.2 Å². The van der Waals surface area contributed by atoms with Gasteiger partial charge in [0.15, 0.2) is 23.3 Å². The van der Waals surface area contributed by atoms with Crippen molar-refractivity contribution in [2.75, 3.05) is 0 Å². The number of carboxylic acids is 1. The first-order chi connectivity index (χ1) is 6.37. The molecule has 2 nitrogen and oxygen atoms in total. The van der Waals surface area contributed by atoms with Gasteiger partial charge in [-0.3, -0.25) is 0 Å². The molecule has 1 aromatic carbocycles. The molecule has 0 saturated carbocycles. The normalized spacial score (nSPS) is 9.67. The van der Waals surface area contributed by atoms with Gasteiger partial charge in [0.05, 0.1) is 11.5 Å². The monoisotopic (exact) mass is 246 g/mol. The molecule has 0 aliphatic carbocycles. The summed E-state index contributed by atoms with van der Waals surface area (Å²) >= 11 is 0. The molecule has 1 aromatic rings. The van der Waals surface area contributed by atoms with E-state index in [0.29, 0.717) is 0 Å². The maximum Gasteiger partial charge on any atom is 1.00 e. The summed E-state index contributed by atoms with van der Waals surface area (Å²) in [7, 11) is 0. The van der Waals surface area contributed by atoms with Gasteiger partial charge >= 0.3 is 51.4 Å². The van der Waals surface area contributed by atoms with Crippen molar-refractivity contribution in [3.8, 4) is 0 Å². The molecule has 0 radical (unpaired) electrons. The standard InChI is InChI=1S/C8H4F4O2.K/c1-2-4(9)6(11)3(8(13)14)7(12)5(2)10;/h1H3,(H,13,14);/q;+1/p-1. The van der Waals surface area contributed by atoms with E-state index in [9.17, 15) is 27.5 Å². The van der Waals surface area contributed by atoms with Crippen LogP contribution in [0.2, 0.25) is 0 Å². The molecule has 0 unspecified atom stereocenters. The van der Waals surface area contributed by atoms with E-state index >= 15 is 0 Å². The minimum Gasteiger partial charge on any atom is -0.545 e. The summed E-state index contributed by atoms with van der Waals surface area (Å²) in [5.41, 5.74) is -2.64. The zero-order chi connectivity index (χ0) is 11.0. The molecular formula is C8H3F4KO2. The summed E-state index contributed by atoms with van der Waals surface area (Å²) in [6.07, 6.45) is 0. The number of benzene rings is 1. The van der Waals surface area contributed by atoms with Crippen LogP contribution >= 0.6 is 0 Å². The summed E-state index contributed by atoms with van der Waals surface area (Å²) in [6.45, 7) is 0.788. The van der Waals surface area contributed by atoms with Gasteiger partial charge in [-0.05, 0) is 6.92 Å². The van der Waals surface area contributed by atoms with Crippen LogP contribution in [0.3, 0.4) is 0 Å². The van der Waals surface area contributed by atoms with Gasteiger partial charge in [0.1, 0.15) is 0 Å². The molecule has 15 heavy (non-hydrogen) atoms. The van der Waals surface area contributed by atoms with Crippen LogP contribution in [0.4, 0.5) is 17.6 Å². The smallest absolute Gasteiger partial charge is 0.545 e. The van der Waals surface area contributed by atoms with Gasteiger partial charge in [0, 0.05) is 5.56 Å². The predicted molar refractivity (Wildman–Crippen MR) is 35.3 cm³/mol. The molecule has 1 rings (SSSR count). The van der Waals surface area contributed by atoms with Crippen molar-refractivity contribution < 1.29 is 78.8 Å². The van der Waals surface area contributed by atoms with E-state index in [1.54, 1.807) is 0 Å². The van der Waals surface area contributed by atoms with E-state index in [1.165, 1.54) is 0 Å². The summed E-state index contributed by atoms with van der Waals surface area (Å²) < 4.78 is 50.9. The van der Waals surface area contributed by atoms with Crippen LogP contribution in [0.5, 0.6) is 0 Å². The van der Waals surface area contributed by atoms with E-state index in [1.807, 2.05) is 0 Å². The van der Waals surface area contributed by atoms with Crippen LogP contribution in [0.1, 0.15) is 15.9 Å². The number of carbonyl (C=O) groups is 1. The average molecular weight is 246 g/mol. The van der Waals surface area contributed by atoms with Crippen molar-refractivity contribution >= 4 is 5.97 Å². The van der Waals surface area contributed by atoms with Crippen molar-refractivity contribution in [1.82, 2.24) is 0 Å². The third kappa shape index (κ3) is 2.59. The Morgan fingerprint density at radius 1 is 1.00 bits per heavy atom. The summed E-state index contributed by atoms with van der Waals surface area (Å²) in [4.78, 5) is 10.1. The Kier molecular flexibility index (Phi) is 5.41. The van der Waals surface area contributed by atoms with E-state index in [2.05, 4.69) is 0 Å². The second kappa shape index (κ2) is 5.40. The first-order valence-electron chi connectivity index (χ1n) is 3.41. The SMILES string of the molecule is Cc1c(F)c(F)c(C(=O)[O-])c(F)c1F.[K+]. The number of hydrogen-bond donors (Lipinski definition) is 0. The molecule has 0 spiro atoms. The summed E-state index contributed by atoms with van der Waals surface area (Å²) in [6, 6.07) is 0. The van der Waals surface area contributed by atoms with Crippen LogP contribution in [0.25, 0.3) is 0 Å². The Hall–Kier alpha value is 0.0464. The first-order valence-corrected chi connectivity index (χ1v) is 3.41. The van der Waals surface area contributed by atoms with Gasteiger partial charge in [-0.15, -0.1) is 0 Å². The second-order valence-electron chi connectivity index (χ2n) is 2.54. The van der Waals surface area contributed by atoms with E-state index in [0.717, 1.165) is 6.92 Å². The maximum atomic E-state index is 12.8. The fraction of sp³-hybridized carbons (Fsp3) is 0.125. The summed E-state index contributed by atoms with van der Waals surface area (Å²) in [5.74, 6) is -9.69. The fourth-order valence-corrected chi connectivity index (χ4v) is 0.921. The average Bonchev–Trinajstić information content (AvgIpc) is 2.11. The molecule has 0 fully saturated rings. The molecule has 0 aliphatic heterocycles. The molecule has 0 saturated heterocycles. The Bertz CT molecular complexity index is 391. The second-order valence-corrected chi connectivity index (χ2v) is 2.54. The number of rotatable bonds is 1.